The van der Waals surface area contributed by atoms with Gasteiger partial charge < -0.3 is 0 Å². The predicted molar refractivity (Wildman–Crippen MR) is 132 cm³/mol. The number of aryl methyl sites for hydroxylation is 2. The highest BCUT2D eigenvalue weighted by Gasteiger charge is 2.17. The lowest BCUT2D eigenvalue weighted by molar-refractivity contribution is -0.118. The van der Waals surface area contributed by atoms with Gasteiger partial charge in [-0.15, -0.1) is 21.5 Å². The summed E-state index contributed by atoms with van der Waals surface area (Å²) in [4.78, 5) is 14.5. The minimum atomic E-state index is -0.220. The Bertz CT molecular complexity index is 1250. The number of amides is 1. The lowest BCUT2D eigenvalue weighted by atomic mass is 10.1. The van der Waals surface area contributed by atoms with Crippen LogP contribution in [0.15, 0.2) is 70.9 Å². The minimum absolute atomic E-state index is 0.153. The van der Waals surface area contributed by atoms with E-state index in [0.29, 0.717) is 16.0 Å². The van der Waals surface area contributed by atoms with Gasteiger partial charge in [0, 0.05) is 26.0 Å². The molecule has 0 spiro atoms. The van der Waals surface area contributed by atoms with E-state index < -0.39 is 0 Å². The summed E-state index contributed by atoms with van der Waals surface area (Å²) < 4.78 is 1.93. The second-order valence-electron chi connectivity index (χ2n) is 7.01. The molecule has 0 saturated carbocycles. The Balaban J connectivity index is 1.52. The lowest BCUT2D eigenvalue weighted by Crippen LogP contribution is -2.19. The Morgan fingerprint density at radius 3 is 2.53 bits per heavy atom. The first-order valence-electron chi connectivity index (χ1n) is 9.79. The molecule has 32 heavy (non-hydrogen) atoms. The second kappa shape index (κ2) is 10.1. The van der Waals surface area contributed by atoms with Crippen molar-refractivity contribution in [2.45, 2.75) is 19.0 Å². The van der Waals surface area contributed by atoms with Gasteiger partial charge >= 0.3 is 0 Å². The van der Waals surface area contributed by atoms with Gasteiger partial charge in [0.25, 0.3) is 5.91 Å². The van der Waals surface area contributed by atoms with Crippen LogP contribution in [0.2, 0.25) is 5.02 Å². The molecule has 0 bridgehead atoms. The maximum atomic E-state index is 12.3. The van der Waals surface area contributed by atoms with Gasteiger partial charge in [-0.1, -0.05) is 53.2 Å². The third-order valence-corrected chi connectivity index (χ3v) is 6.62. The Labute approximate surface area is 199 Å². The highest BCUT2D eigenvalue weighted by atomic mass is 35.5. The molecule has 6 nitrogen and oxygen atoms in total. The molecular weight excluding hydrogens is 462 g/mol. The first-order valence-corrected chi connectivity index (χ1v) is 12.0. The molecule has 0 aliphatic rings. The SMILES string of the molecule is Cc1ccc(-c2nnc(SCC(=O)N/N=C\c3ccc(C)s3)n2-c2ccc(Cl)cc2)cc1. The van der Waals surface area contributed by atoms with Gasteiger partial charge in [0.2, 0.25) is 0 Å². The average Bonchev–Trinajstić information content (AvgIpc) is 3.39. The zero-order valence-electron chi connectivity index (χ0n) is 17.4. The zero-order chi connectivity index (χ0) is 22.5. The highest BCUT2D eigenvalue weighted by molar-refractivity contribution is 7.99. The van der Waals surface area contributed by atoms with Crippen molar-refractivity contribution in [1.29, 1.82) is 0 Å². The fraction of sp³-hybridized carbons (Fsp3) is 0.130. The van der Waals surface area contributed by atoms with E-state index in [1.165, 1.54) is 16.6 Å². The quantitative estimate of drug-likeness (QED) is 0.214. The number of aromatic nitrogens is 3. The molecule has 4 rings (SSSR count). The van der Waals surface area contributed by atoms with Crippen LogP contribution in [0.4, 0.5) is 0 Å². The van der Waals surface area contributed by atoms with E-state index in [0.717, 1.165) is 21.7 Å². The first-order chi connectivity index (χ1) is 15.5. The Hall–Kier alpha value is -2.94. The van der Waals surface area contributed by atoms with Crippen molar-refractivity contribution in [3.05, 3.63) is 81.0 Å². The fourth-order valence-electron chi connectivity index (χ4n) is 2.93. The molecule has 0 aliphatic heterocycles. The highest BCUT2D eigenvalue weighted by Crippen LogP contribution is 2.28. The van der Waals surface area contributed by atoms with Crippen LogP contribution in [0.5, 0.6) is 0 Å². The molecule has 0 radical (unpaired) electrons. The Morgan fingerprint density at radius 1 is 1.09 bits per heavy atom. The van der Waals surface area contributed by atoms with Crippen molar-refractivity contribution in [2.75, 3.05) is 5.75 Å². The molecule has 2 aromatic carbocycles. The number of hydrogen-bond acceptors (Lipinski definition) is 6. The second-order valence-corrected chi connectivity index (χ2v) is 9.71. The average molecular weight is 482 g/mol. The smallest absolute Gasteiger partial charge is 0.250 e. The topological polar surface area (TPSA) is 72.2 Å². The van der Waals surface area contributed by atoms with Crippen molar-refractivity contribution in [3.63, 3.8) is 0 Å². The monoisotopic (exact) mass is 481 g/mol. The van der Waals surface area contributed by atoms with Gasteiger partial charge in [0.1, 0.15) is 0 Å². The van der Waals surface area contributed by atoms with Crippen molar-refractivity contribution in [2.24, 2.45) is 5.10 Å². The number of thiophene rings is 1. The van der Waals surface area contributed by atoms with Crippen LogP contribution in [0.1, 0.15) is 15.3 Å². The predicted octanol–water partition coefficient (Wildman–Crippen LogP) is 5.51. The number of thioether (sulfide) groups is 1. The van der Waals surface area contributed by atoms with Crippen LogP contribution in [0.3, 0.4) is 0 Å². The fourth-order valence-corrected chi connectivity index (χ4v) is 4.55. The minimum Gasteiger partial charge on any atom is -0.272 e. The molecule has 2 heterocycles. The number of hydrogen-bond donors (Lipinski definition) is 1. The first kappa shape index (κ1) is 22.3. The van der Waals surface area contributed by atoms with E-state index >= 15 is 0 Å². The molecule has 1 N–H and O–H groups in total. The van der Waals surface area contributed by atoms with E-state index in [1.807, 2.05) is 79.1 Å². The van der Waals surface area contributed by atoms with Gasteiger partial charge in [-0.25, -0.2) is 5.43 Å². The number of carbonyl (C=O) groups excluding carboxylic acids is 1. The van der Waals surface area contributed by atoms with E-state index in [2.05, 4.69) is 20.7 Å². The van der Waals surface area contributed by atoms with Crippen molar-refractivity contribution < 1.29 is 4.79 Å². The van der Waals surface area contributed by atoms with E-state index in [9.17, 15) is 4.79 Å². The molecule has 162 valence electrons. The van der Waals surface area contributed by atoms with Gasteiger partial charge in [-0.3, -0.25) is 9.36 Å². The third kappa shape index (κ3) is 5.45. The molecule has 9 heteroatoms. The Kier molecular flexibility index (Phi) is 7.04. The molecule has 4 aromatic rings. The van der Waals surface area contributed by atoms with Crippen LogP contribution < -0.4 is 5.43 Å². The molecule has 0 fully saturated rings. The summed E-state index contributed by atoms with van der Waals surface area (Å²) in [5.74, 6) is 0.629. The maximum Gasteiger partial charge on any atom is 0.250 e. The number of nitrogens with one attached hydrogen (secondary N) is 1. The van der Waals surface area contributed by atoms with Crippen LogP contribution in [-0.2, 0) is 4.79 Å². The molecule has 2 aromatic heterocycles. The van der Waals surface area contributed by atoms with Crippen molar-refractivity contribution >= 4 is 46.8 Å². The number of rotatable bonds is 7. The summed E-state index contributed by atoms with van der Waals surface area (Å²) in [7, 11) is 0. The summed E-state index contributed by atoms with van der Waals surface area (Å²) >= 11 is 8.98. The van der Waals surface area contributed by atoms with Crippen LogP contribution in [0.25, 0.3) is 17.1 Å². The maximum absolute atomic E-state index is 12.3. The number of nitrogens with zero attached hydrogens (tertiary/aromatic N) is 4. The van der Waals surface area contributed by atoms with Crippen LogP contribution in [-0.4, -0.2) is 32.6 Å². The summed E-state index contributed by atoms with van der Waals surface area (Å²) in [5.41, 5.74) is 5.53. The largest absolute Gasteiger partial charge is 0.272 e. The molecule has 0 unspecified atom stereocenters. The van der Waals surface area contributed by atoms with Gasteiger partial charge in [0.15, 0.2) is 11.0 Å². The van der Waals surface area contributed by atoms with E-state index in [1.54, 1.807) is 17.6 Å². The summed E-state index contributed by atoms with van der Waals surface area (Å²) in [5, 5.41) is 14.0. The van der Waals surface area contributed by atoms with Crippen molar-refractivity contribution in [3.8, 4) is 17.1 Å². The number of carbonyl (C=O) groups is 1. The van der Waals surface area contributed by atoms with Crippen LogP contribution in [0, 0.1) is 13.8 Å². The standard InChI is InChI=1S/C23H20ClN5OS2/c1-15-3-6-17(7-4-15)22-27-28-23(29(22)19-10-8-18(24)9-11-19)31-14-21(30)26-25-13-20-12-5-16(2)32-20/h3-13H,14H2,1-2H3,(H,26,30)/b25-13-. The van der Waals surface area contributed by atoms with Crippen LogP contribution >= 0.6 is 34.7 Å². The van der Waals surface area contributed by atoms with Gasteiger partial charge in [-0.05, 0) is 50.2 Å². The molecular formula is C23H20ClN5OS2. The molecule has 0 atom stereocenters. The summed E-state index contributed by atoms with van der Waals surface area (Å²) in [6.07, 6.45) is 1.64. The third-order valence-electron chi connectivity index (χ3n) is 4.50. The van der Waals surface area contributed by atoms with Crippen molar-refractivity contribution in [1.82, 2.24) is 20.2 Å². The molecule has 0 saturated heterocycles. The summed E-state index contributed by atoms with van der Waals surface area (Å²) in [6.45, 7) is 4.06. The normalized spacial score (nSPS) is 11.2. The number of benzene rings is 2. The van der Waals surface area contributed by atoms with E-state index in [4.69, 9.17) is 11.6 Å². The number of halogens is 1. The lowest BCUT2D eigenvalue weighted by Gasteiger charge is -2.10. The van der Waals surface area contributed by atoms with Gasteiger partial charge in [0.05, 0.1) is 12.0 Å². The number of hydrazone groups is 1. The summed E-state index contributed by atoms with van der Waals surface area (Å²) in [6, 6.07) is 19.5. The molecule has 0 aliphatic carbocycles. The van der Waals surface area contributed by atoms with Gasteiger partial charge in [-0.2, -0.15) is 5.10 Å². The van der Waals surface area contributed by atoms with E-state index in [-0.39, 0.29) is 11.7 Å². The zero-order valence-corrected chi connectivity index (χ0v) is 19.8. The molecule has 1 amide bonds. The Morgan fingerprint density at radius 2 is 1.84 bits per heavy atom.